The van der Waals surface area contributed by atoms with Gasteiger partial charge in [0, 0.05) is 6.54 Å². The maximum absolute atomic E-state index is 13.1. The first-order chi connectivity index (χ1) is 12.1. The van der Waals surface area contributed by atoms with Crippen LogP contribution in [0.2, 0.25) is 0 Å². The van der Waals surface area contributed by atoms with Gasteiger partial charge >= 0.3 is 6.03 Å². The van der Waals surface area contributed by atoms with Crippen LogP contribution >= 0.6 is 0 Å². The van der Waals surface area contributed by atoms with E-state index < -0.39 is 5.54 Å². The highest BCUT2D eigenvalue weighted by Gasteiger charge is 2.49. The highest BCUT2D eigenvalue weighted by atomic mass is 16.6. The summed E-state index contributed by atoms with van der Waals surface area (Å²) in [5, 5.41) is 2.88. The number of carbonyl (C=O) groups is 2. The molecule has 4 rings (SSSR count). The van der Waals surface area contributed by atoms with Crippen molar-refractivity contribution in [3.63, 3.8) is 0 Å². The molecule has 1 atom stereocenters. The minimum atomic E-state index is -1.05. The number of carbonyl (C=O) groups excluding carboxylic acids is 2. The molecule has 134 valence electrons. The van der Waals surface area contributed by atoms with E-state index in [2.05, 4.69) is 5.32 Å². The first-order valence-electron chi connectivity index (χ1n) is 9.12. The Labute approximate surface area is 147 Å². The molecule has 1 aliphatic carbocycles. The lowest BCUT2D eigenvalue weighted by atomic mass is 9.88. The highest BCUT2D eigenvalue weighted by molar-refractivity contribution is 6.07. The predicted octanol–water partition coefficient (Wildman–Crippen LogP) is 2.81. The third-order valence-corrected chi connectivity index (χ3v) is 5.56. The molecule has 0 bridgehead atoms. The van der Waals surface area contributed by atoms with Crippen LogP contribution in [0.1, 0.15) is 44.6 Å². The molecule has 1 aromatic rings. The van der Waals surface area contributed by atoms with Crippen molar-refractivity contribution in [2.24, 2.45) is 5.92 Å². The second kappa shape index (κ2) is 6.24. The van der Waals surface area contributed by atoms with Crippen LogP contribution in [0.4, 0.5) is 4.79 Å². The standard InChI is InChI=1S/C19H24N2O4/c1-19(14-7-8-15-16(11-14)25-10-9-24-15)17(22)21(18(23)20-19)12-13-5-3-2-4-6-13/h7-8,11,13H,2-6,9-10,12H2,1H3,(H,20,23)/t19-/m0/s1. The van der Waals surface area contributed by atoms with E-state index in [1.807, 2.05) is 6.07 Å². The molecule has 6 heteroatoms. The van der Waals surface area contributed by atoms with Crippen molar-refractivity contribution in [3.8, 4) is 11.5 Å². The normalized spacial score (nSPS) is 26.7. The maximum atomic E-state index is 13.1. The van der Waals surface area contributed by atoms with Crippen LogP contribution in [0, 0.1) is 5.92 Å². The fourth-order valence-electron chi connectivity index (χ4n) is 4.04. The topological polar surface area (TPSA) is 67.9 Å². The average molecular weight is 344 g/mol. The van der Waals surface area contributed by atoms with Gasteiger partial charge in [0.1, 0.15) is 18.8 Å². The fourth-order valence-corrected chi connectivity index (χ4v) is 4.04. The van der Waals surface area contributed by atoms with Gasteiger partial charge in [-0.25, -0.2) is 4.79 Å². The second-order valence-electron chi connectivity index (χ2n) is 7.33. The van der Waals surface area contributed by atoms with Gasteiger partial charge in [-0.3, -0.25) is 9.69 Å². The van der Waals surface area contributed by atoms with Crippen molar-refractivity contribution in [2.75, 3.05) is 19.8 Å². The zero-order valence-corrected chi connectivity index (χ0v) is 14.5. The van der Waals surface area contributed by atoms with E-state index in [1.165, 1.54) is 24.2 Å². The molecule has 3 amide bonds. The van der Waals surface area contributed by atoms with Crippen LogP contribution in [0.3, 0.4) is 0 Å². The Bertz CT molecular complexity index is 699. The Balaban J connectivity index is 1.57. The largest absolute Gasteiger partial charge is 0.486 e. The zero-order chi connectivity index (χ0) is 17.4. The van der Waals surface area contributed by atoms with E-state index in [4.69, 9.17) is 9.47 Å². The van der Waals surface area contributed by atoms with Crippen LogP contribution in [0.15, 0.2) is 18.2 Å². The first-order valence-corrected chi connectivity index (χ1v) is 9.12. The SMILES string of the molecule is C[C@@]1(c2ccc3c(c2)OCCO3)NC(=O)N(CC2CCCCC2)C1=O. The predicted molar refractivity (Wildman–Crippen MR) is 91.6 cm³/mol. The molecular weight excluding hydrogens is 320 g/mol. The van der Waals surface area contributed by atoms with Gasteiger partial charge in [0.05, 0.1) is 0 Å². The van der Waals surface area contributed by atoms with E-state index in [0.29, 0.717) is 37.2 Å². The van der Waals surface area contributed by atoms with Crippen LogP contribution in [0.5, 0.6) is 11.5 Å². The lowest BCUT2D eigenvalue weighted by Crippen LogP contribution is -2.41. The lowest BCUT2D eigenvalue weighted by molar-refractivity contribution is -0.131. The number of nitrogens with one attached hydrogen (secondary N) is 1. The molecule has 0 unspecified atom stereocenters. The Morgan fingerprint density at radius 2 is 1.84 bits per heavy atom. The van der Waals surface area contributed by atoms with E-state index in [1.54, 1.807) is 19.1 Å². The Morgan fingerprint density at radius 3 is 2.60 bits per heavy atom. The van der Waals surface area contributed by atoms with Gasteiger partial charge in [0.25, 0.3) is 5.91 Å². The van der Waals surface area contributed by atoms with Crippen LogP contribution in [0.25, 0.3) is 0 Å². The van der Waals surface area contributed by atoms with Gasteiger partial charge in [0.15, 0.2) is 11.5 Å². The first kappa shape index (κ1) is 16.2. The van der Waals surface area contributed by atoms with E-state index in [9.17, 15) is 9.59 Å². The molecule has 2 aliphatic heterocycles. The van der Waals surface area contributed by atoms with E-state index in [0.717, 1.165) is 18.4 Å². The Morgan fingerprint density at radius 1 is 1.12 bits per heavy atom. The van der Waals surface area contributed by atoms with Crippen molar-refractivity contribution < 1.29 is 19.1 Å². The summed E-state index contributed by atoms with van der Waals surface area (Å²) in [6, 6.07) is 5.14. The number of imide groups is 1. The summed E-state index contributed by atoms with van der Waals surface area (Å²) < 4.78 is 11.2. The van der Waals surface area contributed by atoms with Crippen molar-refractivity contribution in [1.82, 2.24) is 10.2 Å². The number of hydrogen-bond donors (Lipinski definition) is 1. The van der Waals surface area contributed by atoms with Crippen LogP contribution in [-0.4, -0.2) is 36.6 Å². The third kappa shape index (κ3) is 2.83. The van der Waals surface area contributed by atoms with E-state index in [-0.39, 0.29) is 11.9 Å². The van der Waals surface area contributed by atoms with Crippen LogP contribution in [-0.2, 0) is 10.3 Å². The summed E-state index contributed by atoms with van der Waals surface area (Å²) in [7, 11) is 0. The van der Waals surface area contributed by atoms with E-state index >= 15 is 0 Å². The number of benzene rings is 1. The number of urea groups is 1. The summed E-state index contributed by atoms with van der Waals surface area (Å²) in [6.07, 6.45) is 5.82. The number of fused-ring (bicyclic) bond motifs is 1. The third-order valence-electron chi connectivity index (χ3n) is 5.56. The average Bonchev–Trinajstić information content (AvgIpc) is 2.86. The van der Waals surface area contributed by atoms with Gasteiger partial charge in [-0.2, -0.15) is 0 Å². The fraction of sp³-hybridized carbons (Fsp3) is 0.579. The number of rotatable bonds is 3. The van der Waals surface area contributed by atoms with Gasteiger partial charge < -0.3 is 14.8 Å². The number of hydrogen-bond acceptors (Lipinski definition) is 4. The maximum Gasteiger partial charge on any atom is 0.325 e. The molecule has 2 fully saturated rings. The van der Waals surface area contributed by atoms with Gasteiger partial charge in [-0.05, 0) is 43.4 Å². The molecule has 6 nitrogen and oxygen atoms in total. The molecule has 1 N–H and O–H groups in total. The molecule has 3 aliphatic rings. The number of nitrogens with zero attached hydrogens (tertiary/aromatic N) is 1. The number of ether oxygens (including phenoxy) is 2. The quantitative estimate of drug-likeness (QED) is 0.856. The molecular formula is C19H24N2O4. The van der Waals surface area contributed by atoms with Crippen molar-refractivity contribution >= 4 is 11.9 Å². The summed E-state index contributed by atoms with van der Waals surface area (Å²) in [4.78, 5) is 26.9. The minimum Gasteiger partial charge on any atom is -0.486 e. The molecule has 0 aromatic heterocycles. The van der Waals surface area contributed by atoms with Gasteiger partial charge in [0.2, 0.25) is 0 Å². The number of amides is 3. The summed E-state index contributed by atoms with van der Waals surface area (Å²) in [6.45, 7) is 3.29. The zero-order valence-electron chi connectivity index (χ0n) is 14.5. The summed E-state index contributed by atoms with van der Waals surface area (Å²) in [5.74, 6) is 1.54. The van der Waals surface area contributed by atoms with Crippen molar-refractivity contribution in [3.05, 3.63) is 23.8 Å². The van der Waals surface area contributed by atoms with Gasteiger partial charge in [-0.1, -0.05) is 25.3 Å². The molecule has 25 heavy (non-hydrogen) atoms. The molecule has 0 radical (unpaired) electrons. The summed E-state index contributed by atoms with van der Waals surface area (Å²) in [5.41, 5.74) is -0.331. The minimum absolute atomic E-state index is 0.181. The smallest absolute Gasteiger partial charge is 0.325 e. The summed E-state index contributed by atoms with van der Waals surface area (Å²) >= 11 is 0. The molecule has 1 saturated carbocycles. The molecule has 0 spiro atoms. The Kier molecular flexibility index (Phi) is 4.06. The second-order valence-corrected chi connectivity index (χ2v) is 7.33. The van der Waals surface area contributed by atoms with Crippen molar-refractivity contribution in [1.29, 1.82) is 0 Å². The molecule has 1 saturated heterocycles. The molecule has 2 heterocycles. The van der Waals surface area contributed by atoms with Gasteiger partial charge in [-0.15, -0.1) is 0 Å². The Hall–Kier alpha value is -2.24. The molecule has 1 aromatic carbocycles. The monoisotopic (exact) mass is 344 g/mol. The van der Waals surface area contributed by atoms with Crippen molar-refractivity contribution in [2.45, 2.75) is 44.6 Å². The highest BCUT2D eigenvalue weighted by Crippen LogP contribution is 2.37. The van der Waals surface area contributed by atoms with Crippen LogP contribution < -0.4 is 14.8 Å². The lowest BCUT2D eigenvalue weighted by Gasteiger charge is -2.27.